The van der Waals surface area contributed by atoms with Gasteiger partial charge in [-0.3, -0.25) is 9.69 Å². The number of rotatable bonds is 2. The van der Waals surface area contributed by atoms with Crippen LogP contribution in [0.15, 0.2) is 30.3 Å². The van der Waals surface area contributed by atoms with Crippen LogP contribution >= 0.6 is 0 Å². The lowest BCUT2D eigenvalue weighted by molar-refractivity contribution is -0.132. The van der Waals surface area contributed by atoms with Crippen molar-refractivity contribution in [3.05, 3.63) is 35.9 Å². The van der Waals surface area contributed by atoms with Gasteiger partial charge in [-0.1, -0.05) is 30.3 Å². The summed E-state index contributed by atoms with van der Waals surface area (Å²) in [5.74, 6) is -0.0578. The van der Waals surface area contributed by atoms with Gasteiger partial charge < -0.3 is 10.1 Å². The second-order valence-corrected chi connectivity index (χ2v) is 5.29. The van der Waals surface area contributed by atoms with E-state index in [0.29, 0.717) is 6.54 Å². The normalized spacial score (nSPS) is 25.0. The first-order valence-corrected chi connectivity index (χ1v) is 7.02. The molecule has 0 saturated carbocycles. The number of carbonyl (C=O) groups excluding carboxylic acids is 2. The number of nitrogens with zero attached hydrogens (tertiary/aromatic N) is 1. The van der Waals surface area contributed by atoms with Crippen LogP contribution in [0.1, 0.15) is 24.8 Å². The highest BCUT2D eigenvalue weighted by Crippen LogP contribution is 2.26. The topological polar surface area (TPSA) is 58.6 Å². The fourth-order valence-electron chi connectivity index (χ4n) is 2.94. The zero-order valence-corrected chi connectivity index (χ0v) is 11.2. The van der Waals surface area contributed by atoms with E-state index in [-0.39, 0.29) is 30.7 Å². The fraction of sp³-hybridized carbons (Fsp3) is 0.467. The lowest BCUT2D eigenvalue weighted by Gasteiger charge is -2.44. The Kier molecular flexibility index (Phi) is 3.58. The van der Waals surface area contributed by atoms with Crippen LogP contribution in [0.2, 0.25) is 0 Å². The van der Waals surface area contributed by atoms with Gasteiger partial charge in [0.2, 0.25) is 5.91 Å². The van der Waals surface area contributed by atoms with Gasteiger partial charge in [0.05, 0.1) is 6.04 Å². The largest absolute Gasteiger partial charge is 0.445 e. The van der Waals surface area contributed by atoms with Crippen molar-refractivity contribution < 1.29 is 14.3 Å². The summed E-state index contributed by atoms with van der Waals surface area (Å²) in [4.78, 5) is 25.7. The maximum absolute atomic E-state index is 12.3. The third-order valence-electron chi connectivity index (χ3n) is 3.97. The SMILES string of the molecule is O=C1NCC2CCCC1N2C(=O)OCc1ccccc1. The van der Waals surface area contributed by atoms with Crippen molar-refractivity contribution in [3.8, 4) is 0 Å². The number of piperazine rings is 1. The molecule has 2 heterocycles. The molecule has 2 fully saturated rings. The van der Waals surface area contributed by atoms with Crippen molar-refractivity contribution in [2.24, 2.45) is 0 Å². The number of fused-ring (bicyclic) bond motifs is 2. The molecule has 20 heavy (non-hydrogen) atoms. The standard InChI is InChI=1S/C15H18N2O3/c18-14-13-8-4-7-12(9-16-14)17(13)15(19)20-10-11-5-2-1-3-6-11/h1-3,5-6,12-13H,4,7-10H2,(H,16,18). The van der Waals surface area contributed by atoms with E-state index in [4.69, 9.17) is 4.74 Å². The van der Waals surface area contributed by atoms with E-state index >= 15 is 0 Å². The lowest BCUT2D eigenvalue weighted by Crippen LogP contribution is -2.64. The number of nitrogens with one attached hydrogen (secondary N) is 1. The molecule has 1 N–H and O–H groups in total. The Labute approximate surface area is 117 Å². The van der Waals surface area contributed by atoms with E-state index in [0.717, 1.165) is 24.8 Å². The number of piperidine rings is 1. The molecule has 0 spiro atoms. The maximum atomic E-state index is 12.3. The Bertz CT molecular complexity index is 503. The summed E-state index contributed by atoms with van der Waals surface area (Å²) < 4.78 is 5.36. The van der Waals surface area contributed by atoms with Crippen LogP contribution in [0.4, 0.5) is 4.79 Å². The van der Waals surface area contributed by atoms with Crippen molar-refractivity contribution in [2.75, 3.05) is 6.54 Å². The predicted octanol–water partition coefficient (Wildman–Crippen LogP) is 1.68. The Morgan fingerprint density at radius 3 is 2.90 bits per heavy atom. The van der Waals surface area contributed by atoms with Crippen LogP contribution in [0.5, 0.6) is 0 Å². The van der Waals surface area contributed by atoms with Crippen molar-refractivity contribution in [2.45, 2.75) is 38.0 Å². The van der Waals surface area contributed by atoms with Crippen molar-refractivity contribution >= 4 is 12.0 Å². The highest BCUT2D eigenvalue weighted by Gasteiger charge is 2.42. The molecule has 3 rings (SSSR count). The summed E-state index contributed by atoms with van der Waals surface area (Å²) in [5.41, 5.74) is 0.951. The number of amides is 2. The lowest BCUT2D eigenvalue weighted by atomic mass is 9.92. The predicted molar refractivity (Wildman–Crippen MR) is 72.9 cm³/mol. The molecule has 2 aliphatic rings. The van der Waals surface area contributed by atoms with Gasteiger partial charge in [-0.2, -0.15) is 0 Å². The number of carbonyl (C=O) groups is 2. The third kappa shape index (κ3) is 2.48. The van der Waals surface area contributed by atoms with Gasteiger partial charge in [-0.25, -0.2) is 4.79 Å². The first-order valence-electron chi connectivity index (χ1n) is 7.02. The number of hydrogen-bond acceptors (Lipinski definition) is 3. The van der Waals surface area contributed by atoms with Gasteiger partial charge in [0.15, 0.2) is 0 Å². The highest BCUT2D eigenvalue weighted by atomic mass is 16.6. The van der Waals surface area contributed by atoms with Crippen molar-refractivity contribution in [3.63, 3.8) is 0 Å². The molecule has 1 aromatic rings. The molecule has 0 aromatic heterocycles. The van der Waals surface area contributed by atoms with Gasteiger partial charge in [0.25, 0.3) is 0 Å². The quantitative estimate of drug-likeness (QED) is 0.892. The van der Waals surface area contributed by atoms with Crippen LogP contribution in [-0.2, 0) is 16.1 Å². The average molecular weight is 274 g/mol. The van der Waals surface area contributed by atoms with Crippen LogP contribution in [-0.4, -0.2) is 35.5 Å². The zero-order valence-electron chi connectivity index (χ0n) is 11.2. The molecular weight excluding hydrogens is 256 g/mol. The van der Waals surface area contributed by atoms with Crippen LogP contribution in [0.25, 0.3) is 0 Å². The van der Waals surface area contributed by atoms with Crippen LogP contribution in [0, 0.1) is 0 Å². The molecule has 5 nitrogen and oxygen atoms in total. The molecule has 0 radical (unpaired) electrons. The minimum absolute atomic E-state index is 0.0578. The molecule has 2 unspecified atom stereocenters. The van der Waals surface area contributed by atoms with Gasteiger partial charge in [0, 0.05) is 6.54 Å². The smallest absolute Gasteiger partial charge is 0.411 e. The van der Waals surface area contributed by atoms with E-state index < -0.39 is 0 Å². The van der Waals surface area contributed by atoms with E-state index in [2.05, 4.69) is 5.32 Å². The molecule has 2 aliphatic heterocycles. The molecule has 5 heteroatoms. The monoisotopic (exact) mass is 274 g/mol. The summed E-state index contributed by atoms with van der Waals surface area (Å²) in [6, 6.07) is 9.29. The molecule has 0 aliphatic carbocycles. The highest BCUT2D eigenvalue weighted by molar-refractivity contribution is 5.87. The Hall–Kier alpha value is -2.04. The minimum Gasteiger partial charge on any atom is -0.445 e. The summed E-state index contributed by atoms with van der Waals surface area (Å²) in [7, 11) is 0. The number of hydrogen-bond donors (Lipinski definition) is 1. The Morgan fingerprint density at radius 2 is 2.10 bits per heavy atom. The minimum atomic E-state index is -0.376. The van der Waals surface area contributed by atoms with E-state index in [1.165, 1.54) is 0 Å². The first-order chi connectivity index (χ1) is 9.75. The third-order valence-corrected chi connectivity index (χ3v) is 3.97. The van der Waals surface area contributed by atoms with E-state index in [1.54, 1.807) is 4.90 Å². The fourth-order valence-corrected chi connectivity index (χ4v) is 2.94. The summed E-state index contributed by atoms with van der Waals surface area (Å²) in [6.45, 7) is 0.785. The van der Waals surface area contributed by atoms with Gasteiger partial charge in [-0.15, -0.1) is 0 Å². The van der Waals surface area contributed by atoms with Crippen molar-refractivity contribution in [1.29, 1.82) is 0 Å². The van der Waals surface area contributed by atoms with E-state index in [9.17, 15) is 9.59 Å². The zero-order chi connectivity index (χ0) is 13.9. The molecule has 2 amide bonds. The molecule has 2 saturated heterocycles. The average Bonchev–Trinajstić information content (AvgIpc) is 2.49. The Morgan fingerprint density at radius 1 is 1.30 bits per heavy atom. The molecule has 2 bridgehead atoms. The second kappa shape index (κ2) is 5.53. The second-order valence-electron chi connectivity index (χ2n) is 5.29. The summed E-state index contributed by atoms with van der Waals surface area (Å²) >= 11 is 0. The number of ether oxygens (including phenoxy) is 1. The molecule has 1 aromatic carbocycles. The molecular formula is C15H18N2O3. The first kappa shape index (κ1) is 13.0. The summed E-state index contributed by atoms with van der Waals surface area (Å²) in [5, 5.41) is 2.85. The van der Waals surface area contributed by atoms with Gasteiger partial charge >= 0.3 is 6.09 Å². The molecule has 106 valence electrons. The Balaban J connectivity index is 1.65. The van der Waals surface area contributed by atoms with Crippen molar-refractivity contribution in [1.82, 2.24) is 10.2 Å². The van der Waals surface area contributed by atoms with Crippen LogP contribution in [0.3, 0.4) is 0 Å². The summed E-state index contributed by atoms with van der Waals surface area (Å²) in [6.07, 6.45) is 2.27. The molecule has 2 atom stereocenters. The van der Waals surface area contributed by atoms with Crippen LogP contribution < -0.4 is 5.32 Å². The number of benzene rings is 1. The maximum Gasteiger partial charge on any atom is 0.411 e. The van der Waals surface area contributed by atoms with E-state index in [1.807, 2.05) is 30.3 Å². The van der Waals surface area contributed by atoms with Gasteiger partial charge in [-0.05, 0) is 24.8 Å². The van der Waals surface area contributed by atoms with Gasteiger partial charge in [0.1, 0.15) is 12.6 Å².